The number of halogens is 1. The van der Waals surface area contributed by atoms with Crippen LogP contribution in [0.15, 0.2) is 0 Å². The molecule has 1 heterocycles. The Labute approximate surface area is 92.4 Å². The SMILES string of the molecule is CC1(C)CCCC(C)(C)N1C(N)=O.Cl. The van der Waals surface area contributed by atoms with Gasteiger partial charge in [0.1, 0.15) is 0 Å². The molecule has 0 aliphatic carbocycles. The van der Waals surface area contributed by atoms with Crippen LogP contribution in [0.5, 0.6) is 0 Å². The first kappa shape index (κ1) is 13.6. The molecule has 3 nitrogen and oxygen atoms in total. The van der Waals surface area contributed by atoms with Crippen LogP contribution >= 0.6 is 12.4 Å². The molecule has 1 rings (SSSR count). The van der Waals surface area contributed by atoms with Gasteiger partial charge in [-0.05, 0) is 47.0 Å². The Morgan fingerprint density at radius 2 is 1.50 bits per heavy atom. The van der Waals surface area contributed by atoms with Crippen molar-refractivity contribution in [1.82, 2.24) is 4.90 Å². The normalized spacial score (nSPS) is 23.9. The summed E-state index contributed by atoms with van der Waals surface area (Å²) in [5, 5.41) is 0. The smallest absolute Gasteiger partial charge is 0.315 e. The molecule has 1 aliphatic heterocycles. The lowest BCUT2D eigenvalue weighted by Gasteiger charge is -2.51. The Morgan fingerprint density at radius 1 is 1.14 bits per heavy atom. The van der Waals surface area contributed by atoms with E-state index in [1.54, 1.807) is 0 Å². The van der Waals surface area contributed by atoms with E-state index in [2.05, 4.69) is 27.7 Å². The molecule has 0 saturated carbocycles. The van der Waals surface area contributed by atoms with Crippen LogP contribution < -0.4 is 5.73 Å². The topological polar surface area (TPSA) is 46.3 Å². The minimum Gasteiger partial charge on any atom is -0.351 e. The molecular formula is C10H21ClN2O. The number of carbonyl (C=O) groups excluding carboxylic acids is 1. The van der Waals surface area contributed by atoms with Gasteiger partial charge in [0.25, 0.3) is 0 Å². The molecule has 0 spiro atoms. The van der Waals surface area contributed by atoms with E-state index in [9.17, 15) is 4.79 Å². The van der Waals surface area contributed by atoms with Crippen molar-refractivity contribution in [3.8, 4) is 0 Å². The summed E-state index contributed by atoms with van der Waals surface area (Å²) in [7, 11) is 0. The number of nitrogens with zero attached hydrogens (tertiary/aromatic N) is 1. The van der Waals surface area contributed by atoms with Crippen LogP contribution in [0.4, 0.5) is 4.79 Å². The highest BCUT2D eigenvalue weighted by molar-refractivity contribution is 5.85. The first-order valence-corrected chi connectivity index (χ1v) is 4.87. The fraction of sp³-hybridized carbons (Fsp3) is 0.900. The third kappa shape index (κ3) is 2.32. The number of nitrogens with two attached hydrogens (primary N) is 1. The molecule has 4 heteroatoms. The van der Waals surface area contributed by atoms with Crippen LogP contribution in [0.25, 0.3) is 0 Å². The van der Waals surface area contributed by atoms with Crippen molar-refractivity contribution in [1.29, 1.82) is 0 Å². The molecule has 1 saturated heterocycles. The summed E-state index contributed by atoms with van der Waals surface area (Å²) in [4.78, 5) is 13.2. The lowest BCUT2D eigenvalue weighted by atomic mass is 9.80. The number of hydrogen-bond donors (Lipinski definition) is 1. The van der Waals surface area contributed by atoms with Crippen molar-refractivity contribution in [3.05, 3.63) is 0 Å². The molecule has 0 aromatic rings. The van der Waals surface area contributed by atoms with Crippen molar-refractivity contribution in [2.75, 3.05) is 0 Å². The van der Waals surface area contributed by atoms with Crippen molar-refractivity contribution in [3.63, 3.8) is 0 Å². The van der Waals surface area contributed by atoms with E-state index < -0.39 is 0 Å². The minimum absolute atomic E-state index is 0. The van der Waals surface area contributed by atoms with Gasteiger partial charge in [0, 0.05) is 11.1 Å². The number of urea groups is 1. The lowest BCUT2D eigenvalue weighted by Crippen LogP contribution is -2.62. The molecule has 2 amide bonds. The van der Waals surface area contributed by atoms with Gasteiger partial charge < -0.3 is 10.6 Å². The zero-order chi connectivity index (χ0) is 10.3. The number of hydrogen-bond acceptors (Lipinski definition) is 1. The van der Waals surface area contributed by atoms with Gasteiger partial charge in [-0.3, -0.25) is 0 Å². The predicted octanol–water partition coefficient (Wildman–Crippen LogP) is 2.53. The molecule has 0 aromatic carbocycles. The molecule has 0 aromatic heterocycles. The summed E-state index contributed by atoms with van der Waals surface area (Å²) < 4.78 is 0. The van der Waals surface area contributed by atoms with Crippen LogP contribution in [0.2, 0.25) is 0 Å². The van der Waals surface area contributed by atoms with Gasteiger partial charge in [0.2, 0.25) is 0 Å². The molecule has 2 N–H and O–H groups in total. The average molecular weight is 221 g/mol. The molecule has 0 bridgehead atoms. The first-order valence-electron chi connectivity index (χ1n) is 4.87. The number of primary amides is 1. The maximum Gasteiger partial charge on any atom is 0.315 e. The molecule has 1 aliphatic rings. The van der Waals surface area contributed by atoms with Gasteiger partial charge >= 0.3 is 6.03 Å². The quantitative estimate of drug-likeness (QED) is 0.670. The summed E-state index contributed by atoms with van der Waals surface area (Å²) in [6, 6.07) is -0.297. The largest absolute Gasteiger partial charge is 0.351 e. The Balaban J connectivity index is 0.00000169. The number of piperidine rings is 1. The molecule has 84 valence electrons. The van der Waals surface area contributed by atoms with E-state index >= 15 is 0 Å². The van der Waals surface area contributed by atoms with Gasteiger partial charge in [-0.2, -0.15) is 0 Å². The van der Waals surface area contributed by atoms with Crippen LogP contribution in [0.3, 0.4) is 0 Å². The molecular weight excluding hydrogens is 200 g/mol. The number of amides is 2. The summed E-state index contributed by atoms with van der Waals surface area (Å²) in [5.74, 6) is 0. The lowest BCUT2D eigenvalue weighted by molar-refractivity contribution is 0.0157. The van der Waals surface area contributed by atoms with E-state index in [1.807, 2.05) is 4.90 Å². The van der Waals surface area contributed by atoms with Crippen molar-refractivity contribution >= 4 is 18.4 Å². The van der Waals surface area contributed by atoms with Gasteiger partial charge in [0.15, 0.2) is 0 Å². The highest BCUT2D eigenvalue weighted by Gasteiger charge is 2.43. The number of rotatable bonds is 0. The zero-order valence-electron chi connectivity index (χ0n) is 9.46. The molecule has 1 fully saturated rings. The Hall–Kier alpha value is -0.440. The second-order valence-electron chi connectivity index (χ2n) is 5.15. The van der Waals surface area contributed by atoms with Gasteiger partial charge in [-0.1, -0.05) is 0 Å². The molecule has 0 unspecified atom stereocenters. The van der Waals surface area contributed by atoms with Gasteiger partial charge in [-0.15, -0.1) is 12.4 Å². The summed E-state index contributed by atoms with van der Waals surface area (Å²) in [6.07, 6.45) is 3.25. The van der Waals surface area contributed by atoms with E-state index in [0.717, 1.165) is 12.8 Å². The van der Waals surface area contributed by atoms with E-state index in [-0.39, 0.29) is 29.5 Å². The van der Waals surface area contributed by atoms with Crippen molar-refractivity contribution in [2.45, 2.75) is 58.0 Å². The standard InChI is InChI=1S/C10H20N2O.ClH/c1-9(2)6-5-7-10(3,4)12(9)8(11)13;/h5-7H2,1-4H3,(H2,11,13);1H. The minimum atomic E-state index is -0.297. The van der Waals surface area contributed by atoms with Crippen LogP contribution in [0, 0.1) is 0 Å². The average Bonchev–Trinajstić information content (AvgIpc) is 1.79. The van der Waals surface area contributed by atoms with E-state index in [0.29, 0.717) is 0 Å². The monoisotopic (exact) mass is 220 g/mol. The maximum atomic E-state index is 11.3. The Bertz CT molecular complexity index is 210. The fourth-order valence-electron chi connectivity index (χ4n) is 2.59. The van der Waals surface area contributed by atoms with Gasteiger partial charge in [-0.25, -0.2) is 4.79 Å². The molecule has 0 atom stereocenters. The number of carbonyl (C=O) groups is 1. The second kappa shape index (κ2) is 3.97. The Morgan fingerprint density at radius 3 is 1.71 bits per heavy atom. The Kier molecular flexibility index (Phi) is 3.85. The molecule has 14 heavy (non-hydrogen) atoms. The van der Waals surface area contributed by atoms with Crippen LogP contribution in [-0.4, -0.2) is 22.0 Å². The summed E-state index contributed by atoms with van der Waals surface area (Å²) >= 11 is 0. The van der Waals surface area contributed by atoms with E-state index in [1.165, 1.54) is 6.42 Å². The van der Waals surface area contributed by atoms with Crippen LogP contribution in [-0.2, 0) is 0 Å². The highest BCUT2D eigenvalue weighted by Crippen LogP contribution is 2.37. The third-order valence-corrected chi connectivity index (χ3v) is 3.01. The highest BCUT2D eigenvalue weighted by atomic mass is 35.5. The summed E-state index contributed by atoms with van der Waals surface area (Å²) in [5.41, 5.74) is 5.23. The zero-order valence-corrected chi connectivity index (χ0v) is 10.3. The predicted molar refractivity (Wildman–Crippen MR) is 60.7 cm³/mol. The third-order valence-electron chi connectivity index (χ3n) is 3.01. The fourth-order valence-corrected chi connectivity index (χ4v) is 2.59. The van der Waals surface area contributed by atoms with Crippen molar-refractivity contribution < 1.29 is 4.79 Å². The van der Waals surface area contributed by atoms with Crippen molar-refractivity contribution in [2.24, 2.45) is 5.73 Å². The second-order valence-corrected chi connectivity index (χ2v) is 5.15. The molecule has 0 radical (unpaired) electrons. The van der Waals surface area contributed by atoms with Gasteiger partial charge in [0.05, 0.1) is 0 Å². The van der Waals surface area contributed by atoms with E-state index in [4.69, 9.17) is 5.73 Å². The number of likely N-dealkylation sites (tertiary alicyclic amines) is 1. The summed E-state index contributed by atoms with van der Waals surface area (Å²) in [6.45, 7) is 8.33. The van der Waals surface area contributed by atoms with Crippen LogP contribution in [0.1, 0.15) is 47.0 Å². The first-order chi connectivity index (χ1) is 5.77. The maximum absolute atomic E-state index is 11.3.